The standard InChI is InChI=1S/C13H12N4O/c1-16-9-15-17(13(16)18)8-11-5-2-4-10-6-3-7-14-12(10)11/h2-7,9H,8H2,1H3. The number of hydrogen-bond donors (Lipinski definition) is 0. The van der Waals surface area contributed by atoms with Crippen LogP contribution in [0.15, 0.2) is 47.7 Å². The Morgan fingerprint density at radius 3 is 2.83 bits per heavy atom. The van der Waals surface area contributed by atoms with Crippen molar-refractivity contribution in [1.29, 1.82) is 0 Å². The van der Waals surface area contributed by atoms with Gasteiger partial charge >= 0.3 is 5.69 Å². The van der Waals surface area contributed by atoms with Gasteiger partial charge in [-0.3, -0.25) is 9.55 Å². The normalized spacial score (nSPS) is 10.9. The van der Waals surface area contributed by atoms with Crippen LogP contribution in [0.4, 0.5) is 0 Å². The number of para-hydroxylation sites is 1. The van der Waals surface area contributed by atoms with E-state index in [1.165, 1.54) is 15.6 Å². The maximum atomic E-state index is 11.8. The molecule has 0 atom stereocenters. The fourth-order valence-electron chi connectivity index (χ4n) is 1.99. The van der Waals surface area contributed by atoms with Gasteiger partial charge in [0.2, 0.25) is 0 Å². The number of rotatable bonds is 2. The Morgan fingerprint density at radius 1 is 1.22 bits per heavy atom. The van der Waals surface area contributed by atoms with Crippen molar-refractivity contribution in [2.24, 2.45) is 7.05 Å². The van der Waals surface area contributed by atoms with E-state index < -0.39 is 0 Å². The molecule has 3 rings (SSSR count). The Balaban J connectivity index is 2.10. The van der Waals surface area contributed by atoms with Gasteiger partial charge < -0.3 is 0 Å². The Hall–Kier alpha value is -2.43. The van der Waals surface area contributed by atoms with E-state index in [9.17, 15) is 4.79 Å². The van der Waals surface area contributed by atoms with E-state index >= 15 is 0 Å². The first-order chi connectivity index (χ1) is 8.75. The molecule has 1 aromatic carbocycles. The van der Waals surface area contributed by atoms with Gasteiger partial charge in [0.05, 0.1) is 12.1 Å². The summed E-state index contributed by atoms with van der Waals surface area (Å²) in [6.45, 7) is 0.439. The van der Waals surface area contributed by atoms with Gasteiger partial charge in [0, 0.05) is 24.2 Å². The zero-order valence-electron chi connectivity index (χ0n) is 9.95. The first kappa shape index (κ1) is 10.7. The maximum Gasteiger partial charge on any atom is 0.345 e. The van der Waals surface area contributed by atoms with E-state index in [0.717, 1.165) is 16.5 Å². The summed E-state index contributed by atoms with van der Waals surface area (Å²) >= 11 is 0. The lowest BCUT2D eigenvalue weighted by atomic mass is 10.1. The number of benzene rings is 1. The van der Waals surface area contributed by atoms with E-state index in [2.05, 4.69) is 10.1 Å². The molecule has 18 heavy (non-hydrogen) atoms. The lowest BCUT2D eigenvalue weighted by Crippen LogP contribution is -2.23. The summed E-state index contributed by atoms with van der Waals surface area (Å²) in [5, 5.41) is 5.13. The van der Waals surface area contributed by atoms with Crippen LogP contribution in [-0.2, 0) is 13.6 Å². The summed E-state index contributed by atoms with van der Waals surface area (Å²) in [7, 11) is 1.69. The number of nitrogens with zero attached hydrogens (tertiary/aromatic N) is 4. The highest BCUT2D eigenvalue weighted by Gasteiger charge is 2.06. The molecule has 0 N–H and O–H groups in total. The van der Waals surface area contributed by atoms with E-state index in [-0.39, 0.29) is 5.69 Å². The third-order valence-electron chi connectivity index (χ3n) is 2.92. The Labute approximate surface area is 103 Å². The second-order valence-electron chi connectivity index (χ2n) is 4.17. The average molecular weight is 240 g/mol. The van der Waals surface area contributed by atoms with Crippen molar-refractivity contribution in [1.82, 2.24) is 19.3 Å². The Bertz CT molecular complexity index is 752. The minimum atomic E-state index is -0.122. The first-order valence-electron chi connectivity index (χ1n) is 5.67. The highest BCUT2D eigenvalue weighted by atomic mass is 16.2. The number of aryl methyl sites for hydroxylation is 1. The third kappa shape index (κ3) is 1.69. The van der Waals surface area contributed by atoms with Gasteiger partial charge in [-0.15, -0.1) is 0 Å². The van der Waals surface area contributed by atoms with Gasteiger partial charge in [-0.2, -0.15) is 5.10 Å². The third-order valence-corrected chi connectivity index (χ3v) is 2.92. The monoisotopic (exact) mass is 240 g/mol. The minimum absolute atomic E-state index is 0.122. The molecular formula is C13H12N4O. The molecule has 0 bridgehead atoms. The van der Waals surface area contributed by atoms with Crippen LogP contribution >= 0.6 is 0 Å². The van der Waals surface area contributed by atoms with Crippen LogP contribution in [0.25, 0.3) is 10.9 Å². The van der Waals surface area contributed by atoms with Crippen molar-refractivity contribution >= 4 is 10.9 Å². The van der Waals surface area contributed by atoms with Crippen molar-refractivity contribution in [2.75, 3.05) is 0 Å². The summed E-state index contributed by atoms with van der Waals surface area (Å²) in [5.41, 5.74) is 1.79. The number of fused-ring (bicyclic) bond motifs is 1. The first-order valence-corrected chi connectivity index (χ1v) is 5.67. The van der Waals surface area contributed by atoms with Crippen molar-refractivity contribution < 1.29 is 0 Å². The SMILES string of the molecule is Cn1cnn(Cc2cccc3cccnc23)c1=O. The van der Waals surface area contributed by atoms with Gasteiger partial charge in [-0.25, -0.2) is 9.48 Å². The highest BCUT2D eigenvalue weighted by Crippen LogP contribution is 2.16. The second kappa shape index (κ2) is 4.10. The molecule has 2 aromatic heterocycles. The number of aromatic nitrogens is 4. The topological polar surface area (TPSA) is 52.7 Å². The average Bonchev–Trinajstić information content (AvgIpc) is 2.71. The predicted molar refractivity (Wildman–Crippen MR) is 68.3 cm³/mol. The molecule has 5 nitrogen and oxygen atoms in total. The van der Waals surface area contributed by atoms with Crippen molar-refractivity contribution in [3.63, 3.8) is 0 Å². The summed E-state index contributed by atoms with van der Waals surface area (Å²) in [5.74, 6) is 0. The molecular weight excluding hydrogens is 228 g/mol. The maximum absolute atomic E-state index is 11.8. The van der Waals surface area contributed by atoms with Gasteiger partial charge in [-0.1, -0.05) is 24.3 Å². The quantitative estimate of drug-likeness (QED) is 0.676. The van der Waals surface area contributed by atoms with Gasteiger partial charge in [0.15, 0.2) is 0 Å². The fraction of sp³-hybridized carbons (Fsp3) is 0.154. The van der Waals surface area contributed by atoms with Crippen LogP contribution < -0.4 is 5.69 Å². The van der Waals surface area contributed by atoms with Crippen molar-refractivity contribution in [3.8, 4) is 0 Å². The lowest BCUT2D eigenvalue weighted by molar-refractivity contribution is 0.649. The fourth-order valence-corrected chi connectivity index (χ4v) is 1.99. The van der Waals surface area contributed by atoms with Crippen molar-refractivity contribution in [3.05, 3.63) is 58.9 Å². The highest BCUT2D eigenvalue weighted by molar-refractivity contribution is 5.81. The molecule has 0 unspecified atom stereocenters. The molecule has 90 valence electrons. The lowest BCUT2D eigenvalue weighted by Gasteiger charge is -2.04. The Kier molecular flexibility index (Phi) is 2.44. The van der Waals surface area contributed by atoms with Gasteiger partial charge in [0.25, 0.3) is 0 Å². The van der Waals surface area contributed by atoms with Crippen LogP contribution in [0.3, 0.4) is 0 Å². The summed E-state index contributed by atoms with van der Waals surface area (Å²) in [4.78, 5) is 16.1. The number of hydrogen-bond acceptors (Lipinski definition) is 3. The molecule has 0 aliphatic carbocycles. The summed E-state index contributed by atoms with van der Waals surface area (Å²) in [6, 6.07) is 9.85. The van der Waals surface area contributed by atoms with Crippen LogP contribution in [0.2, 0.25) is 0 Å². The van der Waals surface area contributed by atoms with Crippen LogP contribution in [0.1, 0.15) is 5.56 Å². The van der Waals surface area contributed by atoms with Crippen LogP contribution in [0.5, 0.6) is 0 Å². The van der Waals surface area contributed by atoms with E-state index in [1.54, 1.807) is 13.2 Å². The smallest absolute Gasteiger partial charge is 0.285 e. The molecule has 0 spiro atoms. The molecule has 0 aliphatic rings. The number of pyridine rings is 1. The zero-order valence-corrected chi connectivity index (χ0v) is 9.95. The van der Waals surface area contributed by atoms with Crippen LogP contribution in [0, 0.1) is 0 Å². The molecule has 0 amide bonds. The molecule has 0 saturated heterocycles. The summed E-state index contributed by atoms with van der Waals surface area (Å²) in [6.07, 6.45) is 3.27. The van der Waals surface area contributed by atoms with E-state index in [0.29, 0.717) is 6.54 Å². The van der Waals surface area contributed by atoms with Gasteiger partial charge in [-0.05, 0) is 6.07 Å². The molecule has 0 fully saturated rings. The molecule has 3 aromatic rings. The largest absolute Gasteiger partial charge is 0.345 e. The predicted octanol–water partition coefficient (Wildman–Crippen LogP) is 1.18. The van der Waals surface area contributed by atoms with Gasteiger partial charge in [0.1, 0.15) is 6.33 Å². The van der Waals surface area contributed by atoms with Crippen LogP contribution in [-0.4, -0.2) is 19.3 Å². The minimum Gasteiger partial charge on any atom is -0.285 e. The molecule has 0 aliphatic heterocycles. The molecule has 0 saturated carbocycles. The molecule has 0 radical (unpaired) electrons. The zero-order chi connectivity index (χ0) is 12.5. The second-order valence-corrected chi connectivity index (χ2v) is 4.17. The van der Waals surface area contributed by atoms with Crippen molar-refractivity contribution in [2.45, 2.75) is 6.54 Å². The summed E-state index contributed by atoms with van der Waals surface area (Å²) < 4.78 is 2.89. The van der Waals surface area contributed by atoms with E-state index in [1.807, 2.05) is 30.3 Å². The Morgan fingerprint density at radius 2 is 2.06 bits per heavy atom. The van der Waals surface area contributed by atoms with E-state index in [4.69, 9.17) is 0 Å². The molecule has 2 heterocycles. The molecule has 5 heteroatoms.